The number of hydrogen-bond acceptors (Lipinski definition) is 4. The molecule has 2 saturated heterocycles. The molecule has 2 aliphatic heterocycles. The molecule has 1 atom stereocenters. The maximum Gasteiger partial charge on any atom is 0.317 e. The first-order chi connectivity index (χ1) is 10.9. The van der Waals surface area contributed by atoms with Gasteiger partial charge in [0.05, 0.1) is 11.5 Å². The van der Waals surface area contributed by atoms with Crippen LogP contribution in [0.25, 0.3) is 0 Å². The number of hydrogen-bond donors (Lipinski definition) is 1. The maximum atomic E-state index is 12.2. The van der Waals surface area contributed by atoms with Crippen molar-refractivity contribution >= 4 is 33.2 Å². The minimum absolute atomic E-state index is 0.0590. The van der Waals surface area contributed by atoms with Crippen LogP contribution < -0.4 is 10.2 Å². The summed E-state index contributed by atoms with van der Waals surface area (Å²) in [7, 11) is -2.97. The van der Waals surface area contributed by atoms with Crippen LogP contribution in [0.15, 0.2) is 24.3 Å². The van der Waals surface area contributed by atoms with Crippen molar-refractivity contribution in [2.75, 3.05) is 42.6 Å². The predicted octanol–water partition coefficient (Wildman–Crippen LogP) is 1.36. The van der Waals surface area contributed by atoms with Gasteiger partial charge in [0.2, 0.25) is 0 Å². The number of anilines is 1. The molecule has 0 spiro atoms. The zero-order chi connectivity index (χ0) is 16.4. The normalized spacial score (nSPS) is 23.8. The highest BCUT2D eigenvalue weighted by Crippen LogP contribution is 2.19. The van der Waals surface area contributed by atoms with E-state index in [9.17, 15) is 13.2 Å². The summed E-state index contributed by atoms with van der Waals surface area (Å²) in [6, 6.07) is 7.25. The number of sulfone groups is 1. The van der Waals surface area contributed by atoms with E-state index in [4.69, 9.17) is 11.6 Å². The van der Waals surface area contributed by atoms with Gasteiger partial charge < -0.3 is 15.1 Å². The summed E-state index contributed by atoms with van der Waals surface area (Å²) in [6.07, 6.45) is 0.513. The molecule has 1 N–H and O–H groups in total. The highest BCUT2D eigenvalue weighted by atomic mass is 35.5. The van der Waals surface area contributed by atoms with Crippen LogP contribution in [0.1, 0.15) is 6.42 Å². The van der Waals surface area contributed by atoms with Crippen molar-refractivity contribution in [3.8, 4) is 0 Å². The second kappa shape index (κ2) is 6.57. The van der Waals surface area contributed by atoms with Gasteiger partial charge in [-0.05, 0) is 30.7 Å². The number of benzene rings is 1. The summed E-state index contributed by atoms with van der Waals surface area (Å²) in [4.78, 5) is 16.2. The molecule has 0 saturated carbocycles. The van der Waals surface area contributed by atoms with Crippen LogP contribution in [0.2, 0.25) is 5.02 Å². The third kappa shape index (κ3) is 4.09. The fourth-order valence-electron chi connectivity index (χ4n) is 2.99. The lowest BCUT2D eigenvalue weighted by Gasteiger charge is -2.36. The van der Waals surface area contributed by atoms with E-state index < -0.39 is 9.84 Å². The number of amides is 2. The zero-order valence-electron chi connectivity index (χ0n) is 12.7. The number of urea groups is 1. The second-order valence-corrected chi connectivity index (χ2v) is 8.67. The van der Waals surface area contributed by atoms with E-state index in [0.717, 1.165) is 18.8 Å². The number of rotatable bonds is 2. The number of carbonyl (C=O) groups excluding carboxylic acids is 1. The molecule has 23 heavy (non-hydrogen) atoms. The summed E-state index contributed by atoms with van der Waals surface area (Å²) in [5.74, 6) is 0.228. The quantitative estimate of drug-likeness (QED) is 0.867. The van der Waals surface area contributed by atoms with Gasteiger partial charge in [0.1, 0.15) is 0 Å². The number of nitrogens with one attached hydrogen (secondary N) is 1. The van der Waals surface area contributed by atoms with Crippen molar-refractivity contribution in [1.29, 1.82) is 0 Å². The van der Waals surface area contributed by atoms with E-state index in [1.807, 2.05) is 24.3 Å². The summed E-state index contributed by atoms with van der Waals surface area (Å²) >= 11 is 5.89. The molecule has 1 aromatic carbocycles. The first-order valence-corrected chi connectivity index (χ1v) is 9.89. The lowest BCUT2D eigenvalue weighted by Crippen LogP contribution is -2.53. The van der Waals surface area contributed by atoms with Crippen molar-refractivity contribution in [1.82, 2.24) is 10.2 Å². The lowest BCUT2D eigenvalue weighted by molar-refractivity contribution is 0.191. The first-order valence-electron chi connectivity index (χ1n) is 7.69. The van der Waals surface area contributed by atoms with Gasteiger partial charge in [-0.15, -0.1) is 0 Å². The summed E-state index contributed by atoms with van der Waals surface area (Å²) in [6.45, 7) is 2.73. The van der Waals surface area contributed by atoms with Crippen LogP contribution in [0, 0.1) is 0 Å². The average Bonchev–Trinajstić information content (AvgIpc) is 2.87. The second-order valence-electron chi connectivity index (χ2n) is 6.00. The van der Waals surface area contributed by atoms with Crippen LogP contribution in [-0.4, -0.2) is 63.1 Å². The minimum atomic E-state index is -2.97. The highest BCUT2D eigenvalue weighted by molar-refractivity contribution is 7.91. The Morgan fingerprint density at radius 1 is 1.13 bits per heavy atom. The molecule has 0 aromatic heterocycles. The van der Waals surface area contributed by atoms with Crippen LogP contribution in [0.4, 0.5) is 10.5 Å². The topological polar surface area (TPSA) is 69.7 Å². The van der Waals surface area contributed by atoms with Gasteiger partial charge in [0.15, 0.2) is 9.84 Å². The van der Waals surface area contributed by atoms with Crippen LogP contribution in [0.5, 0.6) is 0 Å². The van der Waals surface area contributed by atoms with Gasteiger partial charge in [-0.25, -0.2) is 13.2 Å². The predicted molar refractivity (Wildman–Crippen MR) is 90.8 cm³/mol. The van der Waals surface area contributed by atoms with E-state index in [2.05, 4.69) is 10.2 Å². The molecule has 1 aromatic rings. The molecule has 1 unspecified atom stereocenters. The molecule has 0 radical (unpaired) electrons. The number of piperazine rings is 1. The van der Waals surface area contributed by atoms with Gasteiger partial charge in [0, 0.05) is 42.9 Å². The van der Waals surface area contributed by atoms with Gasteiger partial charge in [-0.3, -0.25) is 0 Å². The minimum Gasteiger partial charge on any atom is -0.368 e. The molecule has 0 bridgehead atoms. The Kier molecular flexibility index (Phi) is 4.68. The molecule has 0 aliphatic carbocycles. The van der Waals surface area contributed by atoms with Crippen LogP contribution >= 0.6 is 11.6 Å². The van der Waals surface area contributed by atoms with E-state index in [1.165, 1.54) is 0 Å². The number of carbonyl (C=O) groups is 1. The molecule has 6 nitrogen and oxygen atoms in total. The molecule has 3 rings (SSSR count). The molecule has 8 heteroatoms. The number of halogens is 1. The highest BCUT2D eigenvalue weighted by Gasteiger charge is 2.30. The standard InChI is InChI=1S/C15H20ClN3O3S/c16-12-1-3-14(4-2-12)18-6-8-19(9-7-18)15(20)17-13-5-10-23(21,22)11-13/h1-4,13H,5-11H2,(H,17,20). The molecule has 126 valence electrons. The van der Waals surface area contributed by atoms with Crippen LogP contribution in [0.3, 0.4) is 0 Å². The zero-order valence-corrected chi connectivity index (χ0v) is 14.3. The van der Waals surface area contributed by atoms with E-state index in [1.54, 1.807) is 4.90 Å². The van der Waals surface area contributed by atoms with E-state index >= 15 is 0 Å². The molecule has 2 heterocycles. The Labute approximate surface area is 141 Å². The largest absolute Gasteiger partial charge is 0.368 e. The van der Waals surface area contributed by atoms with Crippen molar-refractivity contribution in [3.63, 3.8) is 0 Å². The Morgan fingerprint density at radius 2 is 1.78 bits per heavy atom. The summed E-state index contributed by atoms with van der Waals surface area (Å²) in [5.41, 5.74) is 1.09. The van der Waals surface area contributed by atoms with Crippen molar-refractivity contribution in [3.05, 3.63) is 29.3 Å². The Hall–Kier alpha value is -1.47. The Bertz CT molecular complexity index is 670. The fraction of sp³-hybridized carbons (Fsp3) is 0.533. The van der Waals surface area contributed by atoms with Crippen LogP contribution in [-0.2, 0) is 9.84 Å². The molecular weight excluding hydrogens is 338 g/mol. The van der Waals surface area contributed by atoms with Crippen molar-refractivity contribution in [2.24, 2.45) is 0 Å². The fourth-order valence-corrected chi connectivity index (χ4v) is 4.79. The molecule has 2 amide bonds. The van der Waals surface area contributed by atoms with Crippen molar-refractivity contribution < 1.29 is 13.2 Å². The van der Waals surface area contributed by atoms with Crippen molar-refractivity contribution in [2.45, 2.75) is 12.5 Å². The summed E-state index contributed by atoms with van der Waals surface area (Å²) < 4.78 is 22.9. The van der Waals surface area contributed by atoms with Gasteiger partial charge in [0.25, 0.3) is 0 Å². The monoisotopic (exact) mass is 357 g/mol. The third-order valence-electron chi connectivity index (χ3n) is 4.32. The molecular formula is C15H20ClN3O3S. The first kappa shape index (κ1) is 16.4. The van der Waals surface area contributed by atoms with Gasteiger partial charge in [-0.2, -0.15) is 0 Å². The van der Waals surface area contributed by atoms with Gasteiger partial charge in [-0.1, -0.05) is 11.6 Å². The van der Waals surface area contributed by atoms with E-state index in [-0.39, 0.29) is 23.6 Å². The maximum absolute atomic E-state index is 12.2. The molecule has 2 aliphatic rings. The third-order valence-corrected chi connectivity index (χ3v) is 6.34. The average molecular weight is 358 g/mol. The SMILES string of the molecule is O=C(NC1CCS(=O)(=O)C1)N1CCN(c2ccc(Cl)cc2)CC1. The smallest absolute Gasteiger partial charge is 0.317 e. The Morgan fingerprint density at radius 3 is 2.35 bits per heavy atom. The molecule has 2 fully saturated rings. The van der Waals surface area contributed by atoms with E-state index in [0.29, 0.717) is 24.5 Å². The number of nitrogens with zero attached hydrogens (tertiary/aromatic N) is 2. The summed E-state index contributed by atoms with van der Waals surface area (Å²) in [5, 5.41) is 3.54. The Balaban J connectivity index is 1.50. The van der Waals surface area contributed by atoms with Gasteiger partial charge >= 0.3 is 6.03 Å². The lowest BCUT2D eigenvalue weighted by atomic mass is 10.2.